The van der Waals surface area contributed by atoms with Crippen molar-refractivity contribution in [2.75, 3.05) is 26.5 Å². The summed E-state index contributed by atoms with van der Waals surface area (Å²) in [5.41, 5.74) is 2.34. The first-order chi connectivity index (χ1) is 9.43. The third kappa shape index (κ3) is 2.96. The fraction of sp³-hybridized carbons (Fsp3) is 0.533. The molecule has 0 saturated carbocycles. The minimum Gasteiger partial charge on any atom is -0.324 e. The lowest BCUT2D eigenvalue weighted by Crippen LogP contribution is -2.23. The van der Waals surface area contributed by atoms with Gasteiger partial charge >= 0.3 is 0 Å². The maximum Gasteiger partial charge on any atom is 0.128 e. The van der Waals surface area contributed by atoms with Crippen LogP contribution in [0.15, 0.2) is 12.1 Å². The quantitative estimate of drug-likeness (QED) is 0.789. The Hall–Kier alpha value is -1.13. The van der Waals surface area contributed by atoms with Gasteiger partial charge in [-0.3, -0.25) is 0 Å². The van der Waals surface area contributed by atoms with Crippen molar-refractivity contribution in [3.63, 3.8) is 0 Å². The van der Waals surface area contributed by atoms with E-state index < -0.39 is 0 Å². The van der Waals surface area contributed by atoms with Gasteiger partial charge in [0.05, 0.1) is 11.0 Å². The molecule has 5 heteroatoms. The van der Waals surface area contributed by atoms with Crippen molar-refractivity contribution in [1.82, 2.24) is 14.5 Å². The van der Waals surface area contributed by atoms with Crippen LogP contribution in [0.25, 0.3) is 11.0 Å². The molecule has 2 rings (SSSR count). The van der Waals surface area contributed by atoms with E-state index in [1.165, 1.54) is 6.07 Å². The molecule has 0 aliphatic carbocycles. The van der Waals surface area contributed by atoms with Gasteiger partial charge in [0.15, 0.2) is 0 Å². The average Bonchev–Trinajstić information content (AvgIpc) is 2.67. The molecule has 1 aromatic carbocycles. The van der Waals surface area contributed by atoms with Crippen LogP contribution in [0.2, 0.25) is 0 Å². The Morgan fingerprint density at radius 2 is 2.10 bits per heavy atom. The number of alkyl halides is 1. The molecule has 0 saturated heterocycles. The lowest BCUT2D eigenvalue weighted by atomic mass is 10.2. The summed E-state index contributed by atoms with van der Waals surface area (Å²) in [6, 6.07) is 3.65. The van der Waals surface area contributed by atoms with E-state index in [9.17, 15) is 4.39 Å². The lowest BCUT2D eigenvalue weighted by Gasteiger charge is -2.21. The Kier molecular flexibility index (Phi) is 4.66. The molecule has 0 spiro atoms. The zero-order valence-corrected chi connectivity index (χ0v) is 13.2. The summed E-state index contributed by atoms with van der Waals surface area (Å²) in [7, 11) is 4.09. The van der Waals surface area contributed by atoms with Crippen LogP contribution in [0.3, 0.4) is 0 Å². The topological polar surface area (TPSA) is 21.1 Å². The molecular weight excluding hydrogens is 277 g/mol. The number of hydrogen-bond acceptors (Lipinski definition) is 2. The summed E-state index contributed by atoms with van der Waals surface area (Å²) in [4.78, 5) is 6.69. The Morgan fingerprint density at radius 1 is 1.40 bits per heavy atom. The first-order valence-electron chi connectivity index (χ1n) is 6.81. The van der Waals surface area contributed by atoms with Crippen molar-refractivity contribution in [2.45, 2.75) is 26.3 Å². The zero-order chi connectivity index (χ0) is 14.9. The van der Waals surface area contributed by atoms with E-state index in [0.29, 0.717) is 23.4 Å². The Labute approximate surface area is 124 Å². The predicted octanol–water partition coefficient (Wildman–Crippen LogP) is 3.39. The van der Waals surface area contributed by atoms with Crippen molar-refractivity contribution in [1.29, 1.82) is 0 Å². The van der Waals surface area contributed by atoms with Crippen LogP contribution < -0.4 is 0 Å². The molecule has 0 aliphatic rings. The van der Waals surface area contributed by atoms with E-state index >= 15 is 0 Å². The number of nitrogens with zero attached hydrogens (tertiary/aromatic N) is 3. The molecule has 0 fully saturated rings. The molecule has 2 aromatic rings. The van der Waals surface area contributed by atoms with E-state index in [-0.39, 0.29) is 11.9 Å². The molecule has 3 nitrogen and oxygen atoms in total. The highest BCUT2D eigenvalue weighted by molar-refractivity contribution is 6.17. The summed E-state index contributed by atoms with van der Waals surface area (Å²) in [5.74, 6) is 1.23. The molecule has 110 valence electrons. The number of likely N-dealkylation sites (N-methyl/N-ethyl adjacent to an activating group) is 1. The summed E-state index contributed by atoms with van der Waals surface area (Å²) in [6.45, 7) is 4.83. The molecule has 1 atom stereocenters. The van der Waals surface area contributed by atoms with Crippen molar-refractivity contribution < 1.29 is 4.39 Å². The third-order valence-electron chi connectivity index (χ3n) is 3.43. The van der Waals surface area contributed by atoms with Crippen molar-refractivity contribution in [3.8, 4) is 0 Å². The van der Waals surface area contributed by atoms with E-state index in [1.807, 2.05) is 20.2 Å². The van der Waals surface area contributed by atoms with Gasteiger partial charge in [-0.2, -0.15) is 0 Å². The number of rotatable bonds is 5. The molecule has 1 heterocycles. The summed E-state index contributed by atoms with van der Waals surface area (Å²) >= 11 is 5.87. The van der Waals surface area contributed by atoms with E-state index in [0.717, 1.165) is 17.9 Å². The molecular formula is C15H21ClFN3. The molecule has 1 aromatic heterocycles. The molecule has 0 amide bonds. The van der Waals surface area contributed by atoms with Crippen molar-refractivity contribution in [2.24, 2.45) is 0 Å². The monoisotopic (exact) mass is 297 g/mol. The second-order valence-electron chi connectivity index (χ2n) is 5.54. The van der Waals surface area contributed by atoms with Gasteiger partial charge in [0.25, 0.3) is 0 Å². The first kappa shape index (κ1) is 15.3. The van der Waals surface area contributed by atoms with Gasteiger partial charge in [0, 0.05) is 31.0 Å². The summed E-state index contributed by atoms with van der Waals surface area (Å²) in [5, 5.41) is 0. The van der Waals surface area contributed by atoms with Crippen molar-refractivity contribution in [3.05, 3.63) is 29.3 Å². The van der Waals surface area contributed by atoms with Crippen LogP contribution >= 0.6 is 11.6 Å². The molecule has 20 heavy (non-hydrogen) atoms. The fourth-order valence-electron chi connectivity index (χ4n) is 2.63. The van der Waals surface area contributed by atoms with Gasteiger partial charge < -0.3 is 9.47 Å². The minimum absolute atomic E-state index is 0.208. The molecule has 1 unspecified atom stereocenters. The smallest absolute Gasteiger partial charge is 0.128 e. The Bertz CT molecular complexity index is 607. The van der Waals surface area contributed by atoms with E-state index in [4.69, 9.17) is 11.6 Å². The highest BCUT2D eigenvalue weighted by Gasteiger charge is 2.17. The van der Waals surface area contributed by atoms with Crippen LogP contribution in [-0.2, 0) is 6.42 Å². The van der Waals surface area contributed by atoms with Crippen LogP contribution in [-0.4, -0.2) is 41.0 Å². The highest BCUT2D eigenvalue weighted by Crippen LogP contribution is 2.25. The fourth-order valence-corrected chi connectivity index (χ4v) is 2.80. The number of imidazole rings is 1. The average molecular weight is 298 g/mol. The normalized spacial score (nSPS) is 13.3. The van der Waals surface area contributed by atoms with Gasteiger partial charge in [0.2, 0.25) is 0 Å². The Balaban J connectivity index is 2.58. The van der Waals surface area contributed by atoms with Gasteiger partial charge in [-0.25, -0.2) is 9.37 Å². The largest absolute Gasteiger partial charge is 0.324 e. The maximum atomic E-state index is 13.7. The molecule has 0 aliphatic heterocycles. The third-order valence-corrected chi connectivity index (χ3v) is 3.62. The number of benzene rings is 1. The first-order valence-corrected chi connectivity index (χ1v) is 7.35. The van der Waals surface area contributed by atoms with Crippen LogP contribution in [0, 0.1) is 12.7 Å². The van der Waals surface area contributed by atoms with Crippen LogP contribution in [0.1, 0.15) is 24.4 Å². The van der Waals surface area contributed by atoms with Crippen LogP contribution in [0.4, 0.5) is 4.39 Å². The summed E-state index contributed by atoms with van der Waals surface area (Å²) in [6.07, 6.45) is 0.689. The lowest BCUT2D eigenvalue weighted by molar-refractivity contribution is 0.337. The summed E-state index contributed by atoms with van der Waals surface area (Å²) < 4.78 is 15.9. The van der Waals surface area contributed by atoms with Gasteiger partial charge in [-0.1, -0.05) is 0 Å². The highest BCUT2D eigenvalue weighted by atomic mass is 35.5. The van der Waals surface area contributed by atoms with Gasteiger partial charge in [-0.05, 0) is 39.6 Å². The van der Waals surface area contributed by atoms with Crippen molar-refractivity contribution >= 4 is 22.6 Å². The Morgan fingerprint density at radius 3 is 2.70 bits per heavy atom. The standard InChI is InChI=1S/C15H21ClFN3/c1-10-7-14-13(8-12(10)17)18-15(5-6-16)20(14)11(2)9-19(3)4/h7-8,11H,5-6,9H2,1-4H3. The van der Waals surface area contributed by atoms with E-state index in [2.05, 4.69) is 21.4 Å². The number of aromatic nitrogens is 2. The number of aryl methyl sites for hydroxylation is 2. The van der Waals surface area contributed by atoms with Gasteiger partial charge in [0.1, 0.15) is 11.6 Å². The second-order valence-corrected chi connectivity index (χ2v) is 5.92. The number of halogens is 2. The molecule has 0 bridgehead atoms. The second kappa shape index (κ2) is 6.10. The maximum absolute atomic E-state index is 13.7. The zero-order valence-electron chi connectivity index (χ0n) is 12.5. The van der Waals surface area contributed by atoms with Crippen LogP contribution in [0.5, 0.6) is 0 Å². The minimum atomic E-state index is -0.208. The van der Waals surface area contributed by atoms with E-state index in [1.54, 1.807) is 6.92 Å². The number of hydrogen-bond donors (Lipinski definition) is 0. The predicted molar refractivity (Wildman–Crippen MR) is 82.1 cm³/mol. The molecule has 0 N–H and O–H groups in total. The molecule has 0 radical (unpaired) electrons. The van der Waals surface area contributed by atoms with Gasteiger partial charge in [-0.15, -0.1) is 11.6 Å². The number of fused-ring (bicyclic) bond motifs is 1. The SMILES string of the molecule is Cc1cc2c(cc1F)nc(CCCl)n2C(C)CN(C)C.